The van der Waals surface area contributed by atoms with Crippen molar-refractivity contribution in [1.82, 2.24) is 4.98 Å². The average Bonchev–Trinajstić information content (AvgIpc) is 2.54. The van der Waals surface area contributed by atoms with E-state index in [2.05, 4.69) is 23.5 Å². The highest BCUT2D eigenvalue weighted by molar-refractivity contribution is 5.81. The molecule has 5 nitrogen and oxygen atoms in total. The van der Waals surface area contributed by atoms with Crippen molar-refractivity contribution in [2.24, 2.45) is 0 Å². The number of aliphatic hydroxyl groups is 1. The summed E-state index contributed by atoms with van der Waals surface area (Å²) in [6.45, 7) is 11.3. The fraction of sp³-hybridized carbons (Fsp3) is 0.158. The number of carbonyl (C=O) groups is 1. The zero-order chi connectivity index (χ0) is 17.7. The monoisotopic (exact) mass is 324 g/mol. The maximum atomic E-state index is 11.1. The molecule has 2 N–H and O–H groups in total. The van der Waals surface area contributed by atoms with Crippen molar-refractivity contribution in [1.29, 1.82) is 0 Å². The van der Waals surface area contributed by atoms with Crippen molar-refractivity contribution in [2.75, 3.05) is 5.32 Å². The van der Waals surface area contributed by atoms with Gasteiger partial charge in [-0.05, 0) is 44.2 Å². The SMILES string of the molecule is C=C(O)c1ccc(NC(=C)c2cc(C=O)cc(OC(C)C)c2)nc1. The second kappa shape index (κ2) is 7.46. The first-order valence-corrected chi connectivity index (χ1v) is 7.46. The second-order valence-corrected chi connectivity index (χ2v) is 5.56. The summed E-state index contributed by atoms with van der Waals surface area (Å²) in [4.78, 5) is 15.3. The first kappa shape index (κ1) is 17.3. The smallest absolute Gasteiger partial charge is 0.150 e. The molecule has 5 heteroatoms. The molecule has 24 heavy (non-hydrogen) atoms. The zero-order valence-corrected chi connectivity index (χ0v) is 13.7. The van der Waals surface area contributed by atoms with E-state index in [9.17, 15) is 9.90 Å². The highest BCUT2D eigenvalue weighted by Crippen LogP contribution is 2.23. The van der Waals surface area contributed by atoms with Crippen molar-refractivity contribution in [3.8, 4) is 5.75 Å². The Morgan fingerprint density at radius 2 is 2.00 bits per heavy atom. The van der Waals surface area contributed by atoms with Gasteiger partial charge in [0.2, 0.25) is 0 Å². The molecule has 0 spiro atoms. The lowest BCUT2D eigenvalue weighted by Gasteiger charge is -2.14. The van der Waals surface area contributed by atoms with Crippen molar-refractivity contribution < 1.29 is 14.6 Å². The van der Waals surface area contributed by atoms with Crippen LogP contribution < -0.4 is 10.1 Å². The number of pyridine rings is 1. The Bertz CT molecular complexity index is 765. The highest BCUT2D eigenvalue weighted by atomic mass is 16.5. The van der Waals surface area contributed by atoms with Crippen LogP contribution in [0.5, 0.6) is 5.75 Å². The number of hydrogen-bond donors (Lipinski definition) is 2. The van der Waals surface area contributed by atoms with E-state index >= 15 is 0 Å². The van der Waals surface area contributed by atoms with Crippen LogP contribution in [0.15, 0.2) is 49.7 Å². The molecular formula is C19H20N2O3. The highest BCUT2D eigenvalue weighted by Gasteiger charge is 2.07. The molecule has 2 aromatic rings. The van der Waals surface area contributed by atoms with Crippen LogP contribution in [-0.4, -0.2) is 22.5 Å². The van der Waals surface area contributed by atoms with Crippen molar-refractivity contribution >= 4 is 23.6 Å². The lowest BCUT2D eigenvalue weighted by molar-refractivity contribution is 0.112. The fourth-order valence-electron chi connectivity index (χ4n) is 2.07. The molecule has 0 amide bonds. The normalized spacial score (nSPS) is 10.3. The lowest BCUT2D eigenvalue weighted by Crippen LogP contribution is -2.07. The van der Waals surface area contributed by atoms with Gasteiger partial charge in [0.1, 0.15) is 23.6 Å². The molecule has 1 aromatic carbocycles. The summed E-state index contributed by atoms with van der Waals surface area (Å²) in [7, 11) is 0. The van der Waals surface area contributed by atoms with Crippen LogP contribution in [0.2, 0.25) is 0 Å². The van der Waals surface area contributed by atoms with Crippen LogP contribution in [0.25, 0.3) is 11.5 Å². The molecule has 2 rings (SSSR count). The molecule has 0 aliphatic carbocycles. The topological polar surface area (TPSA) is 71.5 Å². The number of anilines is 1. The number of nitrogens with zero attached hydrogens (tertiary/aromatic N) is 1. The average molecular weight is 324 g/mol. The van der Waals surface area contributed by atoms with Gasteiger partial charge in [0, 0.05) is 28.6 Å². The van der Waals surface area contributed by atoms with Gasteiger partial charge in [-0.15, -0.1) is 0 Å². The van der Waals surface area contributed by atoms with Crippen LogP contribution in [0.1, 0.15) is 35.3 Å². The number of aldehydes is 1. The quantitative estimate of drug-likeness (QED) is 0.587. The van der Waals surface area contributed by atoms with Crippen LogP contribution in [0.3, 0.4) is 0 Å². The van der Waals surface area contributed by atoms with E-state index < -0.39 is 0 Å². The van der Waals surface area contributed by atoms with Gasteiger partial charge in [-0.3, -0.25) is 4.79 Å². The third-order valence-electron chi connectivity index (χ3n) is 3.16. The molecule has 0 aliphatic heterocycles. The molecule has 0 unspecified atom stereocenters. The second-order valence-electron chi connectivity index (χ2n) is 5.56. The number of benzene rings is 1. The molecule has 0 atom stereocenters. The Labute approximate surface area is 141 Å². The third kappa shape index (κ3) is 4.46. The molecule has 1 aromatic heterocycles. The van der Waals surface area contributed by atoms with Crippen molar-refractivity contribution in [3.05, 3.63) is 66.4 Å². The van der Waals surface area contributed by atoms with E-state index in [1.165, 1.54) is 6.20 Å². The van der Waals surface area contributed by atoms with E-state index in [0.717, 1.165) is 11.8 Å². The molecule has 0 radical (unpaired) electrons. The summed E-state index contributed by atoms with van der Waals surface area (Å²) in [6.07, 6.45) is 2.28. The first-order chi connectivity index (χ1) is 11.4. The number of aliphatic hydroxyl groups excluding tert-OH is 1. The number of nitrogens with one attached hydrogen (secondary N) is 1. The van der Waals surface area contributed by atoms with Crippen molar-refractivity contribution in [2.45, 2.75) is 20.0 Å². The van der Waals surface area contributed by atoms with Gasteiger partial charge in [-0.25, -0.2) is 4.98 Å². The molecular weight excluding hydrogens is 304 g/mol. The van der Waals surface area contributed by atoms with Crippen molar-refractivity contribution in [3.63, 3.8) is 0 Å². The predicted molar refractivity (Wildman–Crippen MR) is 96.2 cm³/mol. The number of rotatable bonds is 7. The Hall–Kier alpha value is -3.08. The maximum Gasteiger partial charge on any atom is 0.150 e. The van der Waals surface area contributed by atoms with E-state index in [-0.39, 0.29) is 11.9 Å². The summed E-state index contributed by atoms with van der Waals surface area (Å²) in [6, 6.07) is 8.62. The van der Waals surface area contributed by atoms with E-state index in [1.54, 1.807) is 24.3 Å². The van der Waals surface area contributed by atoms with Gasteiger partial charge < -0.3 is 15.2 Å². The molecule has 0 aliphatic rings. The minimum Gasteiger partial charge on any atom is -0.508 e. The van der Waals surface area contributed by atoms with Gasteiger partial charge in [-0.1, -0.05) is 13.2 Å². The van der Waals surface area contributed by atoms with Gasteiger partial charge >= 0.3 is 0 Å². The number of aromatic nitrogens is 1. The number of carbonyl (C=O) groups excluding carboxylic acids is 1. The predicted octanol–water partition coefficient (Wildman–Crippen LogP) is 4.29. The molecule has 0 fully saturated rings. The Balaban J connectivity index is 2.22. The fourth-order valence-corrected chi connectivity index (χ4v) is 2.07. The summed E-state index contributed by atoms with van der Waals surface area (Å²) >= 11 is 0. The summed E-state index contributed by atoms with van der Waals surface area (Å²) in [5.74, 6) is 1.13. The Kier molecular flexibility index (Phi) is 5.37. The van der Waals surface area contributed by atoms with Gasteiger partial charge in [-0.2, -0.15) is 0 Å². The molecule has 0 saturated carbocycles. The van der Waals surface area contributed by atoms with E-state index in [0.29, 0.717) is 28.4 Å². The first-order valence-electron chi connectivity index (χ1n) is 7.46. The molecule has 1 heterocycles. The van der Waals surface area contributed by atoms with E-state index in [4.69, 9.17) is 4.74 Å². The van der Waals surface area contributed by atoms with Crippen LogP contribution in [-0.2, 0) is 0 Å². The zero-order valence-electron chi connectivity index (χ0n) is 13.7. The molecule has 0 saturated heterocycles. The molecule has 124 valence electrons. The third-order valence-corrected chi connectivity index (χ3v) is 3.16. The van der Waals surface area contributed by atoms with Crippen LogP contribution in [0, 0.1) is 0 Å². The summed E-state index contributed by atoms with van der Waals surface area (Å²) in [5.41, 5.74) is 2.36. The molecule has 0 bridgehead atoms. The van der Waals surface area contributed by atoms with E-state index in [1.807, 2.05) is 19.9 Å². The number of ether oxygens (including phenoxy) is 1. The maximum absolute atomic E-state index is 11.1. The number of hydrogen-bond acceptors (Lipinski definition) is 5. The lowest BCUT2D eigenvalue weighted by atomic mass is 10.1. The standard InChI is InChI=1S/C19H20N2O3/c1-12(2)24-18-8-15(11-22)7-17(9-18)13(3)21-19-6-5-16(10-20-19)14(4)23/h5-12,23H,3-4H2,1-2H3,(H,20,21). The Morgan fingerprint density at radius 1 is 1.25 bits per heavy atom. The van der Waals surface area contributed by atoms with Crippen LogP contribution >= 0.6 is 0 Å². The summed E-state index contributed by atoms with van der Waals surface area (Å²) in [5, 5.41) is 12.4. The van der Waals surface area contributed by atoms with Crippen LogP contribution in [0.4, 0.5) is 5.82 Å². The van der Waals surface area contributed by atoms with Gasteiger partial charge in [0.15, 0.2) is 0 Å². The Morgan fingerprint density at radius 3 is 2.54 bits per heavy atom. The minimum absolute atomic E-state index is 0.00164. The summed E-state index contributed by atoms with van der Waals surface area (Å²) < 4.78 is 5.66. The van der Waals surface area contributed by atoms with Gasteiger partial charge in [0.05, 0.1) is 6.10 Å². The largest absolute Gasteiger partial charge is 0.508 e. The minimum atomic E-state index is -0.0398. The van der Waals surface area contributed by atoms with Gasteiger partial charge in [0.25, 0.3) is 0 Å².